The standard InChI is InChI=1S/C24H19N3O6S2/c1-3-16-6-4-8-20(12-16)35(31,32)21-9-5-7-18(14-21)25-24(28)23-13-17-10-11-19(15-22(17)26-23)27(2)33-34(29)30/h1,4-15,26H,2H3,(H,25,28)(H,29,30). The molecular weight excluding hydrogens is 490 g/mol. The van der Waals surface area contributed by atoms with E-state index in [1.54, 1.807) is 42.5 Å². The van der Waals surface area contributed by atoms with Gasteiger partial charge >= 0.3 is 11.4 Å². The molecule has 1 unspecified atom stereocenters. The second-order valence-corrected chi connectivity index (χ2v) is 9.93. The van der Waals surface area contributed by atoms with E-state index < -0.39 is 27.1 Å². The highest BCUT2D eigenvalue weighted by atomic mass is 32.2. The Morgan fingerprint density at radius 1 is 1.09 bits per heavy atom. The van der Waals surface area contributed by atoms with E-state index >= 15 is 0 Å². The van der Waals surface area contributed by atoms with E-state index in [0.717, 1.165) is 10.4 Å². The minimum Gasteiger partial charge on any atom is -0.350 e. The molecular formula is C24H19N3O6S2. The van der Waals surface area contributed by atoms with Gasteiger partial charge in [-0.1, -0.05) is 24.1 Å². The predicted octanol–water partition coefficient (Wildman–Crippen LogP) is 3.74. The number of terminal acetylenes is 1. The molecule has 3 aromatic carbocycles. The van der Waals surface area contributed by atoms with Crippen LogP contribution in [0.5, 0.6) is 0 Å². The van der Waals surface area contributed by atoms with Crippen molar-refractivity contribution in [2.24, 2.45) is 0 Å². The number of amides is 1. The van der Waals surface area contributed by atoms with Crippen molar-refractivity contribution in [2.75, 3.05) is 17.4 Å². The van der Waals surface area contributed by atoms with Crippen LogP contribution in [0, 0.1) is 12.3 Å². The molecule has 0 saturated heterocycles. The van der Waals surface area contributed by atoms with Crippen molar-refractivity contribution in [1.29, 1.82) is 0 Å². The van der Waals surface area contributed by atoms with E-state index in [-0.39, 0.29) is 15.5 Å². The van der Waals surface area contributed by atoms with Crippen LogP contribution in [0.1, 0.15) is 16.1 Å². The fraction of sp³-hybridized carbons (Fsp3) is 0.0417. The zero-order valence-electron chi connectivity index (χ0n) is 18.3. The highest BCUT2D eigenvalue weighted by Crippen LogP contribution is 2.26. The highest BCUT2D eigenvalue weighted by molar-refractivity contribution is 7.91. The van der Waals surface area contributed by atoms with Crippen LogP contribution in [0.2, 0.25) is 0 Å². The molecule has 0 saturated carbocycles. The van der Waals surface area contributed by atoms with Crippen molar-refractivity contribution in [1.82, 2.24) is 4.98 Å². The van der Waals surface area contributed by atoms with Crippen LogP contribution in [0.15, 0.2) is 82.6 Å². The Kier molecular flexibility index (Phi) is 6.72. The van der Waals surface area contributed by atoms with Crippen molar-refractivity contribution in [3.8, 4) is 12.3 Å². The number of aromatic nitrogens is 1. The fourth-order valence-electron chi connectivity index (χ4n) is 3.40. The normalized spacial score (nSPS) is 12.1. The van der Waals surface area contributed by atoms with Crippen molar-refractivity contribution >= 4 is 49.4 Å². The summed E-state index contributed by atoms with van der Waals surface area (Å²) in [6.07, 6.45) is 5.38. The average molecular weight is 510 g/mol. The molecule has 3 N–H and O–H groups in total. The molecule has 1 aromatic heterocycles. The fourth-order valence-corrected chi connectivity index (χ4v) is 5.03. The van der Waals surface area contributed by atoms with Gasteiger partial charge in [0, 0.05) is 29.2 Å². The maximum Gasteiger partial charge on any atom is 0.325 e. The van der Waals surface area contributed by atoms with Crippen molar-refractivity contribution in [2.45, 2.75) is 9.79 Å². The summed E-state index contributed by atoms with van der Waals surface area (Å²) in [6, 6.07) is 18.7. The quantitative estimate of drug-likeness (QED) is 0.197. The van der Waals surface area contributed by atoms with Crippen LogP contribution in [0.4, 0.5) is 11.4 Å². The molecule has 9 nitrogen and oxygen atoms in total. The third-order valence-electron chi connectivity index (χ3n) is 5.10. The smallest absolute Gasteiger partial charge is 0.325 e. The van der Waals surface area contributed by atoms with Gasteiger partial charge in [-0.3, -0.25) is 9.35 Å². The molecule has 0 fully saturated rings. The van der Waals surface area contributed by atoms with Crippen LogP contribution >= 0.6 is 0 Å². The Morgan fingerprint density at radius 3 is 2.51 bits per heavy atom. The molecule has 0 aliphatic heterocycles. The van der Waals surface area contributed by atoms with Gasteiger partial charge in [0.15, 0.2) is 0 Å². The lowest BCUT2D eigenvalue weighted by molar-refractivity contribution is 0.102. The second-order valence-electron chi connectivity index (χ2n) is 7.40. The summed E-state index contributed by atoms with van der Waals surface area (Å²) in [6.45, 7) is 0. The average Bonchev–Trinajstić information content (AvgIpc) is 3.27. The van der Waals surface area contributed by atoms with E-state index in [4.69, 9.17) is 15.3 Å². The number of nitrogens with zero attached hydrogens (tertiary/aromatic N) is 1. The van der Waals surface area contributed by atoms with Crippen LogP contribution in [-0.2, 0) is 25.5 Å². The van der Waals surface area contributed by atoms with Gasteiger partial charge in [0.2, 0.25) is 9.84 Å². The number of rotatable bonds is 7. The summed E-state index contributed by atoms with van der Waals surface area (Å²) < 4.78 is 50.5. The number of benzene rings is 3. The van der Waals surface area contributed by atoms with E-state index in [1.807, 2.05) is 0 Å². The molecule has 1 atom stereocenters. The van der Waals surface area contributed by atoms with Gasteiger partial charge in [0.05, 0.1) is 15.5 Å². The van der Waals surface area contributed by atoms with Gasteiger partial charge in [0.25, 0.3) is 5.91 Å². The maximum atomic E-state index is 13.0. The number of hydrogen-bond acceptors (Lipinski definition) is 6. The number of sulfone groups is 1. The molecule has 1 amide bonds. The van der Waals surface area contributed by atoms with Crippen molar-refractivity contribution < 1.29 is 26.3 Å². The van der Waals surface area contributed by atoms with Gasteiger partial charge in [-0.25, -0.2) is 13.5 Å². The lowest BCUT2D eigenvalue weighted by atomic mass is 10.2. The van der Waals surface area contributed by atoms with Gasteiger partial charge in [-0.05, 0) is 54.6 Å². The van der Waals surface area contributed by atoms with Gasteiger partial charge < -0.3 is 10.3 Å². The lowest BCUT2D eigenvalue weighted by Gasteiger charge is -2.14. The summed E-state index contributed by atoms with van der Waals surface area (Å²) in [4.78, 5) is 15.9. The third kappa shape index (κ3) is 5.26. The summed E-state index contributed by atoms with van der Waals surface area (Å²) in [7, 11) is -2.38. The Balaban J connectivity index is 1.57. The van der Waals surface area contributed by atoms with Crippen LogP contribution < -0.4 is 10.4 Å². The molecule has 35 heavy (non-hydrogen) atoms. The van der Waals surface area contributed by atoms with Crippen LogP contribution in [-0.4, -0.2) is 35.1 Å². The van der Waals surface area contributed by atoms with E-state index in [2.05, 4.69) is 16.2 Å². The zero-order chi connectivity index (χ0) is 25.2. The molecule has 1 heterocycles. The highest BCUT2D eigenvalue weighted by Gasteiger charge is 2.19. The number of aromatic amines is 1. The van der Waals surface area contributed by atoms with E-state index in [9.17, 15) is 17.4 Å². The Bertz CT molecular complexity index is 1610. The molecule has 0 spiro atoms. The molecule has 11 heteroatoms. The first-order chi connectivity index (χ1) is 16.7. The van der Waals surface area contributed by atoms with Crippen LogP contribution in [0.25, 0.3) is 10.9 Å². The monoisotopic (exact) mass is 509 g/mol. The number of anilines is 2. The number of H-pyrrole nitrogens is 1. The Labute approximate surface area is 204 Å². The number of carbonyl (C=O) groups excluding carboxylic acids is 1. The zero-order valence-corrected chi connectivity index (χ0v) is 19.9. The van der Waals surface area contributed by atoms with Crippen LogP contribution in [0.3, 0.4) is 0 Å². The number of hydrogen-bond donors (Lipinski definition) is 3. The topological polar surface area (TPSA) is 129 Å². The largest absolute Gasteiger partial charge is 0.350 e. The van der Waals surface area contributed by atoms with E-state index in [0.29, 0.717) is 22.5 Å². The molecule has 178 valence electrons. The number of hydroxylamine groups is 1. The molecule has 4 aromatic rings. The maximum absolute atomic E-state index is 13.0. The molecule has 0 bridgehead atoms. The lowest BCUT2D eigenvalue weighted by Crippen LogP contribution is -2.18. The first kappa shape index (κ1) is 24.2. The summed E-state index contributed by atoms with van der Waals surface area (Å²) in [5, 5.41) is 4.54. The summed E-state index contributed by atoms with van der Waals surface area (Å²) in [5.74, 6) is 1.94. The summed E-state index contributed by atoms with van der Waals surface area (Å²) in [5.41, 5.74) is 2.06. The molecule has 0 aliphatic carbocycles. The second kappa shape index (κ2) is 9.73. The minimum atomic E-state index is -3.85. The molecule has 4 rings (SSSR count). The first-order valence-electron chi connectivity index (χ1n) is 10.1. The summed E-state index contributed by atoms with van der Waals surface area (Å²) >= 11 is -2.48. The number of nitrogens with one attached hydrogen (secondary N) is 2. The van der Waals surface area contributed by atoms with Gasteiger partial charge in [-0.15, -0.1) is 10.7 Å². The van der Waals surface area contributed by atoms with Crippen molar-refractivity contribution in [3.63, 3.8) is 0 Å². The van der Waals surface area contributed by atoms with Gasteiger partial charge in [0.1, 0.15) is 5.69 Å². The predicted molar refractivity (Wildman–Crippen MR) is 133 cm³/mol. The number of fused-ring (bicyclic) bond motifs is 1. The van der Waals surface area contributed by atoms with E-state index in [1.165, 1.54) is 37.4 Å². The first-order valence-corrected chi connectivity index (χ1v) is 12.6. The Morgan fingerprint density at radius 2 is 1.80 bits per heavy atom. The Hall–Kier alpha value is -3.95. The molecule has 0 radical (unpaired) electrons. The number of carbonyl (C=O) groups is 1. The molecule has 0 aliphatic rings. The third-order valence-corrected chi connectivity index (χ3v) is 7.20. The SMILES string of the molecule is C#Cc1cccc(S(=O)(=O)c2cccc(NC(=O)c3cc4ccc(N(C)OS(=O)O)cc4[nH]3)c2)c1. The van der Waals surface area contributed by atoms with Gasteiger partial charge in [-0.2, -0.15) is 4.21 Å². The minimum absolute atomic E-state index is 0.00932. The van der Waals surface area contributed by atoms with Crippen molar-refractivity contribution in [3.05, 3.63) is 84.1 Å².